The van der Waals surface area contributed by atoms with Crippen LogP contribution in [0, 0.1) is 24.0 Å². The largest absolute Gasteiger partial charge is 0.493 e. The summed E-state index contributed by atoms with van der Waals surface area (Å²) in [5.41, 5.74) is 3.66. The predicted octanol–water partition coefficient (Wildman–Crippen LogP) is 3.55. The average Bonchev–Trinajstić information content (AvgIpc) is 3.07. The van der Waals surface area contributed by atoms with Crippen molar-refractivity contribution in [2.75, 3.05) is 7.11 Å². The molecule has 0 saturated carbocycles. The molecule has 1 heterocycles. The monoisotopic (exact) mass is 529 g/mol. The van der Waals surface area contributed by atoms with Gasteiger partial charge in [0.25, 0.3) is 5.91 Å². The summed E-state index contributed by atoms with van der Waals surface area (Å²) in [6, 6.07) is 11.6. The minimum atomic E-state index is -0.552. The third-order valence-electron chi connectivity index (χ3n) is 4.71. The van der Waals surface area contributed by atoms with Crippen molar-refractivity contribution in [2.24, 2.45) is 5.10 Å². The first-order valence-electron chi connectivity index (χ1n) is 9.86. The molecule has 0 saturated heterocycles. The van der Waals surface area contributed by atoms with Crippen molar-refractivity contribution in [3.63, 3.8) is 0 Å². The summed E-state index contributed by atoms with van der Waals surface area (Å²) in [7, 11) is 1.43. The summed E-state index contributed by atoms with van der Waals surface area (Å²) in [6.07, 6.45) is 1.38. The summed E-state index contributed by atoms with van der Waals surface area (Å²) in [5, 5.41) is 19.0. The topological polar surface area (TPSA) is 138 Å². The standard InChI is InChI=1S/C22H20BrN5O6/c1-13-21(28(31)32)14(2)27(26-13)12-20(29)25-24-11-15-8-9-18(19(10-15)33-3)34-22(30)16-6-4-5-7-17(16)23/h4-11H,12H2,1-3H3,(H,25,29)/b24-11+. The lowest BCUT2D eigenvalue weighted by Gasteiger charge is -2.10. The number of hydrogen-bond donors (Lipinski definition) is 1. The van der Waals surface area contributed by atoms with E-state index in [1.54, 1.807) is 42.5 Å². The van der Waals surface area contributed by atoms with Crippen LogP contribution >= 0.6 is 15.9 Å². The number of methoxy groups -OCH3 is 1. The maximum absolute atomic E-state index is 12.4. The van der Waals surface area contributed by atoms with Gasteiger partial charge in [0.2, 0.25) is 0 Å². The molecular formula is C22H20BrN5O6. The summed E-state index contributed by atoms with van der Waals surface area (Å²) >= 11 is 3.31. The molecule has 0 bridgehead atoms. The van der Waals surface area contributed by atoms with Gasteiger partial charge in [-0.05, 0) is 65.7 Å². The van der Waals surface area contributed by atoms with Crippen molar-refractivity contribution in [1.82, 2.24) is 15.2 Å². The van der Waals surface area contributed by atoms with Crippen molar-refractivity contribution < 1.29 is 24.0 Å². The third-order valence-corrected chi connectivity index (χ3v) is 5.40. The van der Waals surface area contributed by atoms with Crippen LogP contribution in [0.15, 0.2) is 52.0 Å². The molecule has 2 aromatic carbocycles. The molecule has 34 heavy (non-hydrogen) atoms. The van der Waals surface area contributed by atoms with E-state index in [1.807, 2.05) is 0 Å². The fourth-order valence-electron chi connectivity index (χ4n) is 3.09. The Labute approximate surface area is 202 Å². The van der Waals surface area contributed by atoms with Crippen LogP contribution in [0.3, 0.4) is 0 Å². The molecule has 3 rings (SSSR count). The Morgan fingerprint density at radius 3 is 2.62 bits per heavy atom. The SMILES string of the molecule is COc1cc(/C=N/NC(=O)Cn2nc(C)c([N+](=O)[O-])c2C)ccc1OC(=O)c1ccccc1Br. The van der Waals surface area contributed by atoms with Gasteiger partial charge >= 0.3 is 11.7 Å². The van der Waals surface area contributed by atoms with Gasteiger partial charge in [-0.1, -0.05) is 12.1 Å². The number of carbonyl (C=O) groups is 2. The van der Waals surface area contributed by atoms with Gasteiger partial charge in [-0.2, -0.15) is 10.2 Å². The molecule has 0 aliphatic heterocycles. The summed E-state index contributed by atoms with van der Waals surface area (Å²) in [5.74, 6) is -0.548. The van der Waals surface area contributed by atoms with E-state index >= 15 is 0 Å². The first-order valence-corrected chi connectivity index (χ1v) is 10.7. The normalized spacial score (nSPS) is 10.8. The number of hydrogen-bond acceptors (Lipinski definition) is 8. The van der Waals surface area contributed by atoms with Crippen LogP contribution < -0.4 is 14.9 Å². The third kappa shape index (κ3) is 5.64. The number of esters is 1. The van der Waals surface area contributed by atoms with Gasteiger partial charge in [-0.15, -0.1) is 0 Å². The average molecular weight is 530 g/mol. The zero-order valence-corrected chi connectivity index (χ0v) is 20.0. The smallest absolute Gasteiger partial charge is 0.344 e. The highest BCUT2D eigenvalue weighted by Gasteiger charge is 2.22. The number of nitro groups is 1. The zero-order chi connectivity index (χ0) is 24.8. The van der Waals surface area contributed by atoms with Gasteiger partial charge < -0.3 is 9.47 Å². The van der Waals surface area contributed by atoms with Gasteiger partial charge in [0, 0.05) is 4.47 Å². The van der Waals surface area contributed by atoms with Crippen LogP contribution in [-0.2, 0) is 11.3 Å². The summed E-state index contributed by atoms with van der Waals surface area (Å²) in [4.78, 5) is 35.2. The van der Waals surface area contributed by atoms with Crippen LogP contribution in [0.2, 0.25) is 0 Å². The molecule has 3 aromatic rings. The highest BCUT2D eigenvalue weighted by Crippen LogP contribution is 2.29. The number of hydrazone groups is 1. The number of rotatable bonds is 8. The summed E-state index contributed by atoms with van der Waals surface area (Å²) in [6.45, 7) is 2.79. The number of aromatic nitrogens is 2. The fourth-order valence-corrected chi connectivity index (χ4v) is 3.53. The van der Waals surface area contributed by atoms with E-state index in [0.717, 1.165) is 0 Å². The molecule has 0 aliphatic rings. The Hall–Kier alpha value is -4.06. The lowest BCUT2D eigenvalue weighted by molar-refractivity contribution is -0.386. The Morgan fingerprint density at radius 2 is 1.97 bits per heavy atom. The van der Waals surface area contributed by atoms with Crippen LogP contribution in [0.25, 0.3) is 0 Å². The molecule has 0 radical (unpaired) electrons. The van der Waals surface area contributed by atoms with Crippen molar-refractivity contribution in [2.45, 2.75) is 20.4 Å². The highest BCUT2D eigenvalue weighted by atomic mass is 79.9. The lowest BCUT2D eigenvalue weighted by atomic mass is 10.2. The van der Waals surface area contributed by atoms with E-state index in [9.17, 15) is 19.7 Å². The lowest BCUT2D eigenvalue weighted by Crippen LogP contribution is -2.24. The molecule has 0 atom stereocenters. The molecule has 0 unspecified atom stereocenters. The van der Waals surface area contributed by atoms with E-state index in [4.69, 9.17) is 9.47 Å². The molecule has 0 spiro atoms. The summed E-state index contributed by atoms with van der Waals surface area (Å²) < 4.78 is 12.6. The van der Waals surface area contributed by atoms with Crippen molar-refractivity contribution in [1.29, 1.82) is 0 Å². The molecule has 0 fully saturated rings. The molecule has 176 valence electrons. The minimum absolute atomic E-state index is 0.121. The fraction of sp³-hybridized carbons (Fsp3) is 0.182. The molecule has 1 N–H and O–H groups in total. The van der Waals surface area contributed by atoms with E-state index in [1.165, 1.54) is 31.9 Å². The minimum Gasteiger partial charge on any atom is -0.493 e. The van der Waals surface area contributed by atoms with Gasteiger partial charge in [0.1, 0.15) is 17.9 Å². The Bertz CT molecular complexity index is 1290. The first kappa shape index (κ1) is 24.6. The molecule has 11 nitrogen and oxygen atoms in total. The number of carbonyl (C=O) groups excluding carboxylic acids is 2. The first-order chi connectivity index (χ1) is 16.2. The van der Waals surface area contributed by atoms with Crippen LogP contribution in [0.1, 0.15) is 27.3 Å². The quantitative estimate of drug-likeness (QED) is 0.155. The highest BCUT2D eigenvalue weighted by molar-refractivity contribution is 9.10. The second-order valence-electron chi connectivity index (χ2n) is 7.01. The van der Waals surface area contributed by atoms with Crippen LogP contribution in [-0.4, -0.2) is 39.9 Å². The Balaban J connectivity index is 1.65. The number of amides is 1. The number of benzene rings is 2. The van der Waals surface area contributed by atoms with E-state index < -0.39 is 16.8 Å². The van der Waals surface area contributed by atoms with Crippen molar-refractivity contribution in [3.05, 3.63) is 79.6 Å². The number of halogens is 1. The predicted molar refractivity (Wildman–Crippen MR) is 126 cm³/mol. The van der Waals surface area contributed by atoms with Crippen LogP contribution in [0.4, 0.5) is 5.69 Å². The number of aryl methyl sites for hydroxylation is 1. The molecule has 12 heteroatoms. The van der Waals surface area contributed by atoms with E-state index in [-0.39, 0.29) is 29.4 Å². The van der Waals surface area contributed by atoms with E-state index in [2.05, 4.69) is 31.6 Å². The Kier molecular flexibility index (Phi) is 7.74. The number of ether oxygens (including phenoxy) is 2. The number of nitrogens with zero attached hydrogens (tertiary/aromatic N) is 4. The van der Waals surface area contributed by atoms with Crippen molar-refractivity contribution >= 4 is 39.7 Å². The molecule has 1 aromatic heterocycles. The maximum atomic E-state index is 12.4. The van der Waals surface area contributed by atoms with E-state index in [0.29, 0.717) is 21.3 Å². The zero-order valence-electron chi connectivity index (χ0n) is 18.4. The van der Waals surface area contributed by atoms with Crippen LogP contribution in [0.5, 0.6) is 11.5 Å². The maximum Gasteiger partial charge on any atom is 0.344 e. The van der Waals surface area contributed by atoms with Crippen molar-refractivity contribution in [3.8, 4) is 11.5 Å². The second kappa shape index (κ2) is 10.7. The van der Waals surface area contributed by atoms with Gasteiger partial charge in [0.15, 0.2) is 11.5 Å². The molecular weight excluding hydrogens is 510 g/mol. The van der Waals surface area contributed by atoms with Gasteiger partial charge in [-0.3, -0.25) is 19.6 Å². The number of nitrogens with one attached hydrogen (secondary N) is 1. The molecule has 1 amide bonds. The Morgan fingerprint density at radius 1 is 1.24 bits per heavy atom. The second-order valence-corrected chi connectivity index (χ2v) is 7.86. The molecule has 0 aliphatic carbocycles. The van der Waals surface area contributed by atoms with Gasteiger partial charge in [-0.25, -0.2) is 10.2 Å². The van der Waals surface area contributed by atoms with Gasteiger partial charge in [0.05, 0.1) is 23.8 Å².